The van der Waals surface area contributed by atoms with Gasteiger partial charge in [-0.15, -0.1) is 0 Å². The molecule has 0 aliphatic rings. The van der Waals surface area contributed by atoms with Crippen molar-refractivity contribution in [3.05, 3.63) is 58.7 Å². The zero-order valence-corrected chi connectivity index (χ0v) is 12.7. The van der Waals surface area contributed by atoms with Gasteiger partial charge in [-0.05, 0) is 19.1 Å². The van der Waals surface area contributed by atoms with Crippen molar-refractivity contribution in [3.8, 4) is 0 Å². The van der Waals surface area contributed by atoms with Crippen LogP contribution < -0.4 is 5.56 Å². The van der Waals surface area contributed by atoms with Gasteiger partial charge in [0.2, 0.25) is 0 Å². The predicted molar refractivity (Wildman–Crippen MR) is 87.0 cm³/mol. The molecular formula is C16H12N6O2. The Bertz CT molecular complexity index is 1260. The van der Waals surface area contributed by atoms with E-state index in [0.717, 1.165) is 16.8 Å². The molecule has 0 unspecified atom stereocenters. The highest BCUT2D eigenvalue weighted by molar-refractivity contribution is 6.02. The molecule has 0 spiro atoms. The molecule has 0 atom stereocenters. The molecule has 0 aromatic carbocycles. The zero-order chi connectivity index (χ0) is 16.3. The van der Waals surface area contributed by atoms with Gasteiger partial charge in [-0.25, -0.2) is 14.2 Å². The van der Waals surface area contributed by atoms with Crippen molar-refractivity contribution in [2.75, 3.05) is 0 Å². The molecule has 0 aliphatic heterocycles. The number of H-pyrrole nitrogens is 1. The Kier molecular flexibility index (Phi) is 2.47. The predicted octanol–water partition coefficient (Wildman–Crippen LogP) is 1.87. The lowest BCUT2D eigenvalue weighted by Gasteiger charge is -2.04. The van der Waals surface area contributed by atoms with Gasteiger partial charge < -0.3 is 9.40 Å². The molecular weight excluding hydrogens is 308 g/mol. The van der Waals surface area contributed by atoms with Gasteiger partial charge in [0.1, 0.15) is 18.0 Å². The van der Waals surface area contributed by atoms with Crippen LogP contribution in [0.4, 0.5) is 0 Å². The highest BCUT2D eigenvalue weighted by Crippen LogP contribution is 2.22. The number of hydrogen-bond acceptors (Lipinski definition) is 5. The molecule has 5 aromatic heterocycles. The molecule has 0 fully saturated rings. The van der Waals surface area contributed by atoms with Crippen LogP contribution >= 0.6 is 0 Å². The van der Waals surface area contributed by atoms with Crippen LogP contribution in [-0.4, -0.2) is 29.4 Å². The van der Waals surface area contributed by atoms with E-state index in [2.05, 4.69) is 20.2 Å². The molecule has 118 valence electrons. The van der Waals surface area contributed by atoms with Gasteiger partial charge in [-0.2, -0.15) is 10.2 Å². The summed E-state index contributed by atoms with van der Waals surface area (Å²) in [4.78, 5) is 19.6. The maximum absolute atomic E-state index is 12.3. The van der Waals surface area contributed by atoms with Crippen molar-refractivity contribution in [1.29, 1.82) is 0 Å². The summed E-state index contributed by atoms with van der Waals surface area (Å²) in [5.41, 5.74) is 2.67. The van der Waals surface area contributed by atoms with E-state index in [9.17, 15) is 4.79 Å². The van der Waals surface area contributed by atoms with Crippen LogP contribution in [0, 0.1) is 6.92 Å². The van der Waals surface area contributed by atoms with E-state index in [1.54, 1.807) is 27.9 Å². The summed E-state index contributed by atoms with van der Waals surface area (Å²) in [6.45, 7) is 2.36. The summed E-state index contributed by atoms with van der Waals surface area (Å²) >= 11 is 0. The first kappa shape index (κ1) is 13.1. The monoisotopic (exact) mass is 320 g/mol. The number of nitrogens with zero attached hydrogens (tertiary/aromatic N) is 5. The normalized spacial score (nSPS) is 11.9. The van der Waals surface area contributed by atoms with E-state index in [1.165, 1.54) is 0 Å². The van der Waals surface area contributed by atoms with E-state index in [0.29, 0.717) is 28.7 Å². The Morgan fingerprint density at radius 2 is 2.21 bits per heavy atom. The Labute approximate surface area is 134 Å². The average molecular weight is 320 g/mol. The van der Waals surface area contributed by atoms with Crippen molar-refractivity contribution >= 4 is 27.6 Å². The van der Waals surface area contributed by atoms with Gasteiger partial charge in [0.15, 0.2) is 5.65 Å². The number of aromatic nitrogens is 6. The molecule has 0 saturated carbocycles. The van der Waals surface area contributed by atoms with Gasteiger partial charge in [0.05, 0.1) is 34.4 Å². The average Bonchev–Trinajstić information content (AvgIpc) is 3.27. The van der Waals surface area contributed by atoms with E-state index >= 15 is 0 Å². The number of rotatable bonds is 2. The van der Waals surface area contributed by atoms with Crippen LogP contribution in [0.1, 0.15) is 11.5 Å². The van der Waals surface area contributed by atoms with E-state index in [4.69, 9.17) is 4.42 Å². The zero-order valence-electron chi connectivity index (χ0n) is 12.7. The largest absolute Gasteiger partial charge is 0.467 e. The van der Waals surface area contributed by atoms with Gasteiger partial charge in [0.25, 0.3) is 5.56 Å². The minimum absolute atomic E-state index is 0.189. The summed E-state index contributed by atoms with van der Waals surface area (Å²) in [5.74, 6) is 0.785. The van der Waals surface area contributed by atoms with E-state index in [1.807, 2.05) is 25.1 Å². The fourth-order valence-corrected chi connectivity index (χ4v) is 3.02. The number of pyridine rings is 1. The third-order valence-corrected chi connectivity index (χ3v) is 4.05. The molecule has 0 saturated heterocycles. The molecule has 5 rings (SSSR count). The molecule has 8 nitrogen and oxygen atoms in total. The molecule has 1 N–H and O–H groups in total. The van der Waals surface area contributed by atoms with Crippen molar-refractivity contribution < 1.29 is 4.42 Å². The van der Waals surface area contributed by atoms with Crippen LogP contribution in [0.2, 0.25) is 0 Å². The van der Waals surface area contributed by atoms with Crippen molar-refractivity contribution in [3.63, 3.8) is 0 Å². The SMILES string of the molecule is Cc1cc2[nH]c(=O)c3cnc4c(cnn4Cc4ccco4)c3n2n1. The first-order valence-corrected chi connectivity index (χ1v) is 7.46. The quantitative estimate of drug-likeness (QED) is 0.536. The van der Waals surface area contributed by atoms with Gasteiger partial charge in [-0.3, -0.25) is 4.79 Å². The summed E-state index contributed by atoms with van der Waals surface area (Å²) in [6.07, 6.45) is 4.90. The van der Waals surface area contributed by atoms with Crippen molar-refractivity contribution in [1.82, 2.24) is 29.4 Å². The van der Waals surface area contributed by atoms with Crippen molar-refractivity contribution in [2.24, 2.45) is 0 Å². The number of aryl methyl sites for hydroxylation is 1. The molecule has 5 aromatic rings. The van der Waals surface area contributed by atoms with Gasteiger partial charge in [-0.1, -0.05) is 0 Å². The minimum atomic E-state index is -0.189. The van der Waals surface area contributed by atoms with Crippen LogP contribution in [0.15, 0.2) is 46.1 Å². The van der Waals surface area contributed by atoms with Crippen LogP contribution in [-0.2, 0) is 6.54 Å². The first-order chi connectivity index (χ1) is 11.7. The molecule has 24 heavy (non-hydrogen) atoms. The molecule has 8 heteroatoms. The maximum Gasteiger partial charge on any atom is 0.260 e. The second-order valence-electron chi connectivity index (χ2n) is 5.68. The third kappa shape index (κ3) is 1.73. The van der Waals surface area contributed by atoms with E-state index in [-0.39, 0.29) is 5.56 Å². The number of fused-ring (bicyclic) bond motifs is 5. The topological polar surface area (TPSA) is 94.0 Å². The minimum Gasteiger partial charge on any atom is -0.467 e. The summed E-state index contributed by atoms with van der Waals surface area (Å²) in [6, 6.07) is 5.55. The number of hydrogen-bond donors (Lipinski definition) is 1. The number of aromatic amines is 1. The lowest BCUT2D eigenvalue weighted by Crippen LogP contribution is -2.11. The van der Waals surface area contributed by atoms with E-state index < -0.39 is 0 Å². The standard InChI is InChI=1S/C16H12N6O2/c1-9-5-13-19-16(23)12-6-17-15-11(14(12)22(13)20-9)7-18-21(15)8-10-3-2-4-24-10/h2-7H,8H2,1H3,(H,19,23). The lowest BCUT2D eigenvalue weighted by molar-refractivity contribution is 0.483. The first-order valence-electron chi connectivity index (χ1n) is 7.46. The number of furan rings is 1. The Hall–Kier alpha value is -3.42. The summed E-state index contributed by atoms with van der Waals surface area (Å²) in [5, 5.41) is 10.1. The summed E-state index contributed by atoms with van der Waals surface area (Å²) < 4.78 is 8.85. The third-order valence-electron chi connectivity index (χ3n) is 4.05. The second kappa shape index (κ2) is 4.54. The molecule has 0 bridgehead atoms. The van der Waals surface area contributed by atoms with Gasteiger partial charge >= 0.3 is 0 Å². The van der Waals surface area contributed by atoms with Crippen LogP contribution in [0.3, 0.4) is 0 Å². The van der Waals surface area contributed by atoms with Crippen LogP contribution in [0.5, 0.6) is 0 Å². The molecule has 0 amide bonds. The Balaban J connectivity index is 1.87. The lowest BCUT2D eigenvalue weighted by atomic mass is 10.2. The highest BCUT2D eigenvalue weighted by Gasteiger charge is 2.15. The molecule has 0 radical (unpaired) electrons. The van der Waals surface area contributed by atoms with Gasteiger partial charge in [0, 0.05) is 12.3 Å². The fraction of sp³-hybridized carbons (Fsp3) is 0.125. The Morgan fingerprint density at radius 3 is 3.04 bits per heavy atom. The molecule has 5 heterocycles. The van der Waals surface area contributed by atoms with Crippen molar-refractivity contribution in [2.45, 2.75) is 13.5 Å². The number of nitrogens with one attached hydrogen (secondary N) is 1. The fourth-order valence-electron chi connectivity index (χ4n) is 3.02. The van der Waals surface area contributed by atoms with Crippen LogP contribution in [0.25, 0.3) is 27.6 Å². The maximum atomic E-state index is 12.3. The second-order valence-corrected chi connectivity index (χ2v) is 5.68. The highest BCUT2D eigenvalue weighted by atomic mass is 16.3. The molecule has 0 aliphatic carbocycles. The summed E-state index contributed by atoms with van der Waals surface area (Å²) in [7, 11) is 0. The smallest absolute Gasteiger partial charge is 0.260 e. The Morgan fingerprint density at radius 1 is 1.29 bits per heavy atom.